The van der Waals surface area contributed by atoms with Crippen LogP contribution in [0, 0.1) is 3.57 Å². The van der Waals surface area contributed by atoms with Crippen LogP contribution in [0.3, 0.4) is 0 Å². The monoisotopic (exact) mass is 346 g/mol. The van der Waals surface area contributed by atoms with Crippen molar-refractivity contribution >= 4 is 51.6 Å². The highest BCUT2D eigenvalue weighted by molar-refractivity contribution is 14.1. The first-order valence-electron chi connectivity index (χ1n) is 5.20. The first kappa shape index (κ1) is 10.7. The lowest BCUT2D eigenvalue weighted by Gasteiger charge is -2.40. The van der Waals surface area contributed by atoms with Gasteiger partial charge in [0.05, 0.1) is 11.4 Å². The zero-order valence-corrected chi connectivity index (χ0v) is 11.5. The molecule has 0 aliphatic carbocycles. The number of fused-ring (bicyclic) bond motifs is 3. The van der Waals surface area contributed by atoms with Gasteiger partial charge in [-0.15, -0.1) is 0 Å². The van der Waals surface area contributed by atoms with E-state index >= 15 is 0 Å². The van der Waals surface area contributed by atoms with Gasteiger partial charge in [-0.1, -0.05) is 0 Å². The van der Waals surface area contributed by atoms with E-state index in [-0.39, 0.29) is 11.9 Å². The largest absolute Gasteiger partial charge is 0.356 e. The van der Waals surface area contributed by atoms with E-state index in [1.54, 1.807) is 0 Å². The van der Waals surface area contributed by atoms with Crippen molar-refractivity contribution in [2.75, 3.05) is 28.3 Å². The van der Waals surface area contributed by atoms with E-state index in [0.717, 1.165) is 27.3 Å². The maximum absolute atomic E-state index is 11.9. The Balaban J connectivity index is 2.06. The zero-order valence-electron chi connectivity index (χ0n) is 8.57. The van der Waals surface area contributed by atoms with Crippen LogP contribution in [0.2, 0.25) is 0 Å². The van der Waals surface area contributed by atoms with Crippen molar-refractivity contribution in [2.24, 2.45) is 0 Å². The highest BCUT2D eigenvalue weighted by Gasteiger charge is 2.34. The van der Waals surface area contributed by atoms with Crippen LogP contribution in [-0.2, 0) is 4.79 Å². The number of benzene rings is 1. The second-order valence-corrected chi connectivity index (χ2v) is 6.33. The number of nitrogens with one attached hydrogen (secondary N) is 1. The predicted molar refractivity (Wildman–Crippen MR) is 76.2 cm³/mol. The Morgan fingerprint density at radius 3 is 3.25 bits per heavy atom. The van der Waals surface area contributed by atoms with Crippen molar-refractivity contribution in [3.8, 4) is 0 Å². The lowest BCUT2D eigenvalue weighted by molar-refractivity contribution is -0.117. The number of rotatable bonds is 0. The van der Waals surface area contributed by atoms with E-state index in [4.69, 9.17) is 0 Å². The fraction of sp³-hybridized carbons (Fsp3) is 0.364. The topological polar surface area (TPSA) is 32.3 Å². The highest BCUT2D eigenvalue weighted by atomic mass is 127. The summed E-state index contributed by atoms with van der Waals surface area (Å²) in [6.45, 7) is 0.969. The second kappa shape index (κ2) is 4.10. The molecule has 0 saturated carbocycles. The minimum Gasteiger partial charge on any atom is -0.356 e. The molecule has 2 aliphatic rings. The predicted octanol–water partition coefficient (Wildman–Crippen LogP) is 2.17. The first-order valence-corrected chi connectivity index (χ1v) is 7.44. The van der Waals surface area contributed by atoms with Gasteiger partial charge >= 0.3 is 0 Å². The third-order valence-electron chi connectivity index (χ3n) is 2.96. The summed E-state index contributed by atoms with van der Waals surface area (Å²) in [5, 5.41) is 3.00. The number of anilines is 2. The molecule has 0 spiro atoms. The van der Waals surface area contributed by atoms with Crippen LogP contribution in [-0.4, -0.2) is 30.0 Å². The fourth-order valence-electron chi connectivity index (χ4n) is 2.18. The molecule has 1 fully saturated rings. The van der Waals surface area contributed by atoms with Crippen LogP contribution in [0.5, 0.6) is 0 Å². The molecule has 1 atom stereocenters. The third kappa shape index (κ3) is 1.69. The summed E-state index contributed by atoms with van der Waals surface area (Å²) in [6, 6.07) is 6.26. The summed E-state index contributed by atoms with van der Waals surface area (Å²) in [7, 11) is 0. The van der Waals surface area contributed by atoms with E-state index in [1.165, 1.54) is 5.69 Å². The quantitative estimate of drug-likeness (QED) is 0.731. The molecule has 1 aromatic carbocycles. The molecule has 5 heteroatoms. The van der Waals surface area contributed by atoms with Gasteiger partial charge in [-0.25, -0.2) is 0 Å². The van der Waals surface area contributed by atoms with Crippen molar-refractivity contribution in [1.29, 1.82) is 0 Å². The van der Waals surface area contributed by atoms with Crippen LogP contribution in [0.1, 0.15) is 0 Å². The van der Waals surface area contributed by atoms with Gasteiger partial charge < -0.3 is 10.2 Å². The highest BCUT2D eigenvalue weighted by Crippen LogP contribution is 2.35. The molecule has 3 nitrogen and oxygen atoms in total. The molecule has 3 rings (SSSR count). The van der Waals surface area contributed by atoms with E-state index < -0.39 is 0 Å². The summed E-state index contributed by atoms with van der Waals surface area (Å²) in [5.74, 6) is 2.15. The maximum atomic E-state index is 11.9. The van der Waals surface area contributed by atoms with Gasteiger partial charge in [0.25, 0.3) is 0 Å². The number of carbonyl (C=O) groups is 1. The molecule has 0 bridgehead atoms. The van der Waals surface area contributed by atoms with Gasteiger partial charge in [0.2, 0.25) is 5.91 Å². The van der Waals surface area contributed by atoms with Crippen molar-refractivity contribution in [2.45, 2.75) is 6.04 Å². The molecule has 1 N–H and O–H groups in total. The minimum atomic E-state index is 0.0197. The molecule has 16 heavy (non-hydrogen) atoms. The minimum absolute atomic E-state index is 0.0197. The van der Waals surface area contributed by atoms with Crippen molar-refractivity contribution < 1.29 is 4.79 Å². The summed E-state index contributed by atoms with van der Waals surface area (Å²) in [6.07, 6.45) is 0. The molecular weight excluding hydrogens is 335 g/mol. The normalized spacial score (nSPS) is 23.4. The van der Waals surface area contributed by atoms with Gasteiger partial charge in [0.15, 0.2) is 0 Å². The van der Waals surface area contributed by atoms with Gasteiger partial charge in [-0.2, -0.15) is 11.8 Å². The van der Waals surface area contributed by atoms with Crippen molar-refractivity contribution in [3.05, 3.63) is 21.8 Å². The van der Waals surface area contributed by atoms with E-state index in [1.807, 2.05) is 17.8 Å². The lowest BCUT2D eigenvalue weighted by atomic mass is 10.1. The van der Waals surface area contributed by atoms with Crippen LogP contribution in [0.4, 0.5) is 11.4 Å². The molecule has 2 aliphatic heterocycles. The molecule has 1 aromatic rings. The SMILES string of the molecule is O=C1Nc2cc(I)ccc2N2CCSCC12. The second-order valence-electron chi connectivity index (χ2n) is 3.93. The summed E-state index contributed by atoms with van der Waals surface area (Å²) < 4.78 is 1.15. The molecule has 1 unspecified atom stereocenters. The third-order valence-corrected chi connectivity index (χ3v) is 4.65. The lowest BCUT2D eigenvalue weighted by Crippen LogP contribution is -2.52. The van der Waals surface area contributed by atoms with Gasteiger partial charge in [0, 0.05) is 21.6 Å². The van der Waals surface area contributed by atoms with Crippen LogP contribution < -0.4 is 10.2 Å². The Kier molecular flexibility index (Phi) is 2.75. The number of nitrogens with zero attached hydrogens (tertiary/aromatic N) is 1. The number of hydrogen-bond acceptors (Lipinski definition) is 3. The molecule has 0 aromatic heterocycles. The first-order chi connectivity index (χ1) is 7.75. The molecular formula is C11H11IN2OS. The van der Waals surface area contributed by atoms with Gasteiger partial charge in [-0.3, -0.25) is 4.79 Å². The van der Waals surface area contributed by atoms with E-state index in [2.05, 4.69) is 44.9 Å². The van der Waals surface area contributed by atoms with Crippen molar-refractivity contribution in [1.82, 2.24) is 0 Å². The summed E-state index contributed by atoms with van der Waals surface area (Å²) in [5.41, 5.74) is 2.13. The number of carbonyl (C=O) groups excluding carboxylic acids is 1. The Hall–Kier alpha value is -0.430. The standard InChI is InChI=1S/C11H11IN2OS/c12-7-1-2-9-8(5-7)13-11(15)10-6-16-4-3-14(9)10/h1-2,5,10H,3-4,6H2,(H,13,15). The van der Waals surface area contributed by atoms with E-state index in [9.17, 15) is 4.79 Å². The Morgan fingerprint density at radius 2 is 2.38 bits per heavy atom. The fourth-order valence-corrected chi connectivity index (χ4v) is 3.72. The van der Waals surface area contributed by atoms with Gasteiger partial charge in [-0.05, 0) is 40.8 Å². The molecule has 84 valence electrons. The number of hydrogen-bond donors (Lipinski definition) is 1. The van der Waals surface area contributed by atoms with Gasteiger partial charge in [0.1, 0.15) is 6.04 Å². The Bertz CT molecular complexity index is 452. The number of halogens is 1. The molecule has 1 amide bonds. The molecule has 1 saturated heterocycles. The van der Waals surface area contributed by atoms with Crippen LogP contribution in [0.15, 0.2) is 18.2 Å². The molecule has 2 heterocycles. The van der Waals surface area contributed by atoms with Crippen LogP contribution in [0.25, 0.3) is 0 Å². The maximum Gasteiger partial charge on any atom is 0.247 e. The Labute approximate surface area is 112 Å². The van der Waals surface area contributed by atoms with Crippen molar-refractivity contribution in [3.63, 3.8) is 0 Å². The summed E-state index contributed by atoms with van der Waals surface area (Å²) in [4.78, 5) is 14.2. The number of thioether (sulfide) groups is 1. The average molecular weight is 346 g/mol. The summed E-state index contributed by atoms with van der Waals surface area (Å²) >= 11 is 4.12. The average Bonchev–Trinajstić information content (AvgIpc) is 2.29. The molecule has 0 radical (unpaired) electrons. The van der Waals surface area contributed by atoms with E-state index in [0.29, 0.717) is 0 Å². The smallest absolute Gasteiger partial charge is 0.247 e. The number of amides is 1. The Morgan fingerprint density at radius 1 is 1.50 bits per heavy atom. The van der Waals surface area contributed by atoms with Crippen LogP contribution >= 0.6 is 34.4 Å². The zero-order chi connectivity index (χ0) is 11.1.